The zero-order chi connectivity index (χ0) is 17.2. The number of aromatic hydroxyl groups is 1. The maximum absolute atomic E-state index is 10.0. The second-order valence-corrected chi connectivity index (χ2v) is 5.48. The van der Waals surface area contributed by atoms with Crippen LogP contribution in [0.5, 0.6) is 5.75 Å². The highest BCUT2D eigenvalue weighted by atomic mass is 16.4. The van der Waals surface area contributed by atoms with Crippen LogP contribution in [0, 0.1) is 6.92 Å². The summed E-state index contributed by atoms with van der Waals surface area (Å²) in [5, 5.41) is 18.2. The van der Waals surface area contributed by atoms with Gasteiger partial charge in [-0.1, -0.05) is 30.3 Å². The van der Waals surface area contributed by atoms with E-state index in [1.54, 1.807) is 24.4 Å². The Balaban J connectivity index is 1.78. The minimum Gasteiger partial charge on any atom is -0.507 e. The molecule has 6 nitrogen and oxygen atoms in total. The molecule has 2 aromatic carbocycles. The first-order chi connectivity index (χ1) is 12.2. The third kappa shape index (κ3) is 2.85. The number of hydrogen-bond acceptors (Lipinski definition) is 6. The number of nitrogens with zero attached hydrogens (tertiary/aromatic N) is 4. The Morgan fingerprint density at radius 2 is 1.60 bits per heavy atom. The molecule has 0 aliphatic rings. The maximum atomic E-state index is 10.0. The zero-order valence-electron chi connectivity index (χ0n) is 13.4. The van der Waals surface area contributed by atoms with Crippen LogP contribution in [0.4, 0.5) is 0 Å². The molecule has 0 amide bonds. The SMILES string of the molecule is Cc1ncc(-c2ccccc2O)nc1-c1nnc(-c2ccccc2)o1. The largest absolute Gasteiger partial charge is 0.507 e. The van der Waals surface area contributed by atoms with Gasteiger partial charge in [-0.25, -0.2) is 4.98 Å². The highest BCUT2D eigenvalue weighted by Crippen LogP contribution is 2.30. The smallest absolute Gasteiger partial charge is 0.268 e. The molecule has 1 N–H and O–H groups in total. The Labute approximate surface area is 143 Å². The molecule has 0 atom stereocenters. The van der Waals surface area contributed by atoms with Gasteiger partial charge in [0.25, 0.3) is 5.89 Å². The van der Waals surface area contributed by atoms with E-state index in [1.807, 2.05) is 43.3 Å². The van der Waals surface area contributed by atoms with Gasteiger partial charge in [-0.05, 0) is 31.2 Å². The molecule has 4 aromatic rings. The van der Waals surface area contributed by atoms with Crippen molar-refractivity contribution >= 4 is 0 Å². The minimum absolute atomic E-state index is 0.141. The predicted molar refractivity (Wildman–Crippen MR) is 92.6 cm³/mol. The van der Waals surface area contributed by atoms with Crippen LogP contribution < -0.4 is 0 Å². The third-order valence-electron chi connectivity index (χ3n) is 3.78. The van der Waals surface area contributed by atoms with E-state index in [9.17, 15) is 5.11 Å². The van der Waals surface area contributed by atoms with Crippen LogP contribution in [0.1, 0.15) is 5.69 Å². The molecule has 0 radical (unpaired) electrons. The Bertz CT molecular complexity index is 1030. The molecule has 0 fully saturated rings. The summed E-state index contributed by atoms with van der Waals surface area (Å²) in [5.74, 6) is 0.855. The number of rotatable bonds is 3. The quantitative estimate of drug-likeness (QED) is 0.614. The van der Waals surface area contributed by atoms with Gasteiger partial charge in [0, 0.05) is 11.1 Å². The fraction of sp³-hybridized carbons (Fsp3) is 0.0526. The number of phenols is 1. The van der Waals surface area contributed by atoms with Gasteiger partial charge in [-0.2, -0.15) is 0 Å². The van der Waals surface area contributed by atoms with E-state index in [2.05, 4.69) is 20.2 Å². The fourth-order valence-corrected chi connectivity index (χ4v) is 2.49. The number of aryl methyl sites for hydroxylation is 1. The Morgan fingerprint density at radius 1 is 0.880 bits per heavy atom. The number of phenolic OH excluding ortho intramolecular Hbond substituents is 1. The van der Waals surface area contributed by atoms with E-state index in [-0.39, 0.29) is 5.75 Å². The van der Waals surface area contributed by atoms with E-state index in [0.29, 0.717) is 34.4 Å². The molecule has 0 aliphatic heterocycles. The van der Waals surface area contributed by atoms with Crippen molar-refractivity contribution in [2.24, 2.45) is 0 Å². The molecule has 2 heterocycles. The lowest BCUT2D eigenvalue weighted by Gasteiger charge is -2.06. The molecule has 0 bridgehead atoms. The van der Waals surface area contributed by atoms with Crippen LogP contribution in [0.2, 0.25) is 0 Å². The first-order valence-electron chi connectivity index (χ1n) is 7.73. The first kappa shape index (κ1) is 15.0. The Morgan fingerprint density at radius 3 is 2.40 bits per heavy atom. The molecule has 0 saturated carbocycles. The van der Waals surface area contributed by atoms with Gasteiger partial charge in [0.2, 0.25) is 5.89 Å². The monoisotopic (exact) mass is 330 g/mol. The second-order valence-electron chi connectivity index (χ2n) is 5.48. The lowest BCUT2D eigenvalue weighted by Crippen LogP contribution is -1.95. The van der Waals surface area contributed by atoms with Crippen molar-refractivity contribution in [3.8, 4) is 40.0 Å². The number of para-hydroxylation sites is 1. The Hall–Kier alpha value is -3.54. The zero-order valence-corrected chi connectivity index (χ0v) is 13.4. The summed E-state index contributed by atoms with van der Waals surface area (Å²) in [4.78, 5) is 8.92. The molecule has 0 spiro atoms. The number of hydrogen-bond donors (Lipinski definition) is 1. The lowest BCUT2D eigenvalue weighted by molar-refractivity contribution is 0.477. The van der Waals surface area contributed by atoms with Crippen LogP contribution in [0.25, 0.3) is 34.3 Å². The van der Waals surface area contributed by atoms with Crippen molar-refractivity contribution in [3.63, 3.8) is 0 Å². The highest BCUT2D eigenvalue weighted by molar-refractivity contribution is 5.68. The van der Waals surface area contributed by atoms with Gasteiger partial charge < -0.3 is 9.52 Å². The summed E-state index contributed by atoms with van der Waals surface area (Å²) in [5.41, 5.74) is 3.14. The van der Waals surface area contributed by atoms with E-state index >= 15 is 0 Å². The summed E-state index contributed by atoms with van der Waals surface area (Å²) in [6.07, 6.45) is 1.61. The fourth-order valence-electron chi connectivity index (χ4n) is 2.49. The van der Waals surface area contributed by atoms with Gasteiger partial charge in [0.15, 0.2) is 0 Å². The first-order valence-corrected chi connectivity index (χ1v) is 7.73. The summed E-state index contributed by atoms with van der Waals surface area (Å²) < 4.78 is 5.77. The summed E-state index contributed by atoms with van der Waals surface area (Å²) in [7, 11) is 0. The molecule has 25 heavy (non-hydrogen) atoms. The van der Waals surface area contributed by atoms with Crippen LogP contribution in [0.15, 0.2) is 65.2 Å². The predicted octanol–water partition coefficient (Wildman–Crippen LogP) is 3.87. The van der Waals surface area contributed by atoms with Crippen molar-refractivity contribution in [2.75, 3.05) is 0 Å². The van der Waals surface area contributed by atoms with Crippen molar-refractivity contribution < 1.29 is 9.52 Å². The number of aromatic nitrogens is 4. The molecule has 0 aliphatic carbocycles. The van der Waals surface area contributed by atoms with E-state index in [0.717, 1.165) is 5.56 Å². The van der Waals surface area contributed by atoms with E-state index < -0.39 is 0 Å². The summed E-state index contributed by atoms with van der Waals surface area (Å²) in [6.45, 7) is 1.82. The van der Waals surface area contributed by atoms with E-state index in [4.69, 9.17) is 4.42 Å². The molecule has 0 saturated heterocycles. The van der Waals surface area contributed by atoms with Crippen molar-refractivity contribution in [3.05, 3.63) is 66.5 Å². The average molecular weight is 330 g/mol. The standard InChI is InChI=1S/C19H14N4O2/c1-12-17(19-23-22-18(25-19)13-7-3-2-4-8-13)21-15(11-20-12)14-9-5-6-10-16(14)24/h2-11,24H,1H3. The summed E-state index contributed by atoms with van der Waals surface area (Å²) >= 11 is 0. The van der Waals surface area contributed by atoms with Gasteiger partial charge in [0.1, 0.15) is 11.4 Å². The molecule has 2 aromatic heterocycles. The van der Waals surface area contributed by atoms with Gasteiger partial charge in [0.05, 0.1) is 17.6 Å². The molecule has 4 rings (SSSR count). The summed E-state index contributed by atoms with van der Waals surface area (Å²) in [6, 6.07) is 16.5. The molecule has 122 valence electrons. The topological polar surface area (TPSA) is 84.9 Å². The molecule has 0 unspecified atom stereocenters. The van der Waals surface area contributed by atoms with Gasteiger partial charge in [-0.15, -0.1) is 10.2 Å². The van der Waals surface area contributed by atoms with Gasteiger partial charge >= 0.3 is 0 Å². The van der Waals surface area contributed by atoms with Gasteiger partial charge in [-0.3, -0.25) is 4.98 Å². The maximum Gasteiger partial charge on any atom is 0.268 e. The average Bonchev–Trinajstić information content (AvgIpc) is 3.13. The van der Waals surface area contributed by atoms with Crippen LogP contribution in [-0.2, 0) is 0 Å². The van der Waals surface area contributed by atoms with Crippen LogP contribution in [-0.4, -0.2) is 25.3 Å². The molecule has 6 heteroatoms. The van der Waals surface area contributed by atoms with E-state index in [1.165, 1.54) is 0 Å². The second kappa shape index (κ2) is 6.16. The van der Waals surface area contributed by atoms with Crippen LogP contribution in [0.3, 0.4) is 0 Å². The Kier molecular flexibility index (Phi) is 3.70. The van der Waals surface area contributed by atoms with Crippen molar-refractivity contribution in [2.45, 2.75) is 6.92 Å². The van der Waals surface area contributed by atoms with Crippen molar-refractivity contribution in [1.29, 1.82) is 0 Å². The third-order valence-corrected chi connectivity index (χ3v) is 3.78. The molecular formula is C19H14N4O2. The lowest BCUT2D eigenvalue weighted by atomic mass is 10.1. The highest BCUT2D eigenvalue weighted by Gasteiger charge is 2.16. The normalized spacial score (nSPS) is 10.8. The van der Waals surface area contributed by atoms with Crippen LogP contribution >= 0.6 is 0 Å². The number of benzene rings is 2. The molecular weight excluding hydrogens is 316 g/mol. The van der Waals surface area contributed by atoms with Crippen molar-refractivity contribution in [1.82, 2.24) is 20.2 Å². The minimum atomic E-state index is 0.141.